The van der Waals surface area contributed by atoms with E-state index in [-0.39, 0.29) is 10.7 Å². The molecule has 1 atom stereocenters. The second-order valence-electron chi connectivity index (χ2n) is 4.12. The van der Waals surface area contributed by atoms with Crippen molar-refractivity contribution >= 4 is 27.5 Å². The number of halogens is 1. The SMILES string of the molecule is CCCc1ccccc1N1CCC(Br)C1=O. The van der Waals surface area contributed by atoms with E-state index < -0.39 is 0 Å². The van der Waals surface area contributed by atoms with Crippen molar-refractivity contribution in [1.82, 2.24) is 0 Å². The fourth-order valence-corrected chi connectivity index (χ4v) is 2.59. The second kappa shape index (κ2) is 5.00. The highest BCUT2D eigenvalue weighted by atomic mass is 79.9. The van der Waals surface area contributed by atoms with Gasteiger partial charge in [-0.15, -0.1) is 0 Å². The molecule has 0 aromatic heterocycles. The lowest BCUT2D eigenvalue weighted by Crippen LogP contribution is -2.27. The summed E-state index contributed by atoms with van der Waals surface area (Å²) in [6.07, 6.45) is 3.04. The zero-order valence-electron chi connectivity index (χ0n) is 9.45. The maximum Gasteiger partial charge on any atom is 0.240 e. The molecule has 1 aromatic rings. The number of para-hydroxylation sites is 1. The Hall–Kier alpha value is -0.830. The Kier molecular flexibility index (Phi) is 3.64. The first-order valence-corrected chi connectivity index (χ1v) is 6.69. The maximum atomic E-state index is 11.9. The molecule has 0 bridgehead atoms. The largest absolute Gasteiger partial charge is 0.311 e. The van der Waals surface area contributed by atoms with Crippen LogP contribution in [0.2, 0.25) is 0 Å². The summed E-state index contributed by atoms with van der Waals surface area (Å²) in [5, 5.41) is 0. The van der Waals surface area contributed by atoms with Gasteiger partial charge in [-0.3, -0.25) is 4.79 Å². The number of benzene rings is 1. The first-order chi connectivity index (χ1) is 7.74. The van der Waals surface area contributed by atoms with Crippen molar-refractivity contribution in [1.29, 1.82) is 0 Å². The van der Waals surface area contributed by atoms with E-state index in [4.69, 9.17) is 0 Å². The lowest BCUT2D eigenvalue weighted by Gasteiger charge is -2.19. The summed E-state index contributed by atoms with van der Waals surface area (Å²) in [7, 11) is 0. The molecule has 86 valence electrons. The molecule has 3 heteroatoms. The fraction of sp³-hybridized carbons (Fsp3) is 0.462. The van der Waals surface area contributed by atoms with Crippen molar-refractivity contribution in [2.24, 2.45) is 0 Å². The van der Waals surface area contributed by atoms with Crippen LogP contribution in [0.3, 0.4) is 0 Å². The van der Waals surface area contributed by atoms with Gasteiger partial charge >= 0.3 is 0 Å². The fourth-order valence-electron chi connectivity index (χ4n) is 2.14. The van der Waals surface area contributed by atoms with Crippen molar-refractivity contribution in [2.75, 3.05) is 11.4 Å². The third kappa shape index (κ3) is 2.14. The monoisotopic (exact) mass is 281 g/mol. The van der Waals surface area contributed by atoms with Gasteiger partial charge < -0.3 is 4.90 Å². The average molecular weight is 282 g/mol. The van der Waals surface area contributed by atoms with Gasteiger partial charge in [-0.1, -0.05) is 47.5 Å². The molecule has 1 unspecified atom stereocenters. The van der Waals surface area contributed by atoms with Gasteiger partial charge in [0, 0.05) is 12.2 Å². The van der Waals surface area contributed by atoms with Crippen LogP contribution in [-0.4, -0.2) is 17.3 Å². The molecule has 1 aliphatic heterocycles. The molecular formula is C13H16BrNO. The van der Waals surface area contributed by atoms with Gasteiger partial charge in [0.2, 0.25) is 5.91 Å². The number of anilines is 1. The molecule has 0 radical (unpaired) electrons. The highest BCUT2D eigenvalue weighted by molar-refractivity contribution is 9.10. The second-order valence-corrected chi connectivity index (χ2v) is 5.23. The van der Waals surface area contributed by atoms with E-state index in [1.807, 2.05) is 23.1 Å². The molecule has 2 rings (SSSR count). The zero-order valence-corrected chi connectivity index (χ0v) is 11.0. The molecule has 1 aromatic carbocycles. The molecular weight excluding hydrogens is 266 g/mol. The summed E-state index contributed by atoms with van der Waals surface area (Å²) in [5.41, 5.74) is 2.37. The Morgan fingerprint density at radius 1 is 1.44 bits per heavy atom. The average Bonchev–Trinajstić information content (AvgIpc) is 2.61. The molecule has 2 nitrogen and oxygen atoms in total. The van der Waals surface area contributed by atoms with E-state index in [9.17, 15) is 4.79 Å². The summed E-state index contributed by atoms with van der Waals surface area (Å²) in [4.78, 5) is 13.9. The van der Waals surface area contributed by atoms with Crippen LogP contribution in [0.5, 0.6) is 0 Å². The molecule has 0 aliphatic carbocycles. The Bertz CT molecular complexity index is 391. The third-order valence-corrected chi connectivity index (χ3v) is 3.79. The van der Waals surface area contributed by atoms with E-state index in [0.29, 0.717) is 0 Å². The first-order valence-electron chi connectivity index (χ1n) is 5.77. The van der Waals surface area contributed by atoms with Crippen molar-refractivity contribution in [3.05, 3.63) is 29.8 Å². The Labute approximate surface area is 105 Å². The van der Waals surface area contributed by atoms with Crippen LogP contribution in [0.25, 0.3) is 0 Å². The molecule has 16 heavy (non-hydrogen) atoms. The number of amides is 1. The Morgan fingerprint density at radius 3 is 2.81 bits per heavy atom. The van der Waals surface area contributed by atoms with Gasteiger partial charge in [0.25, 0.3) is 0 Å². The molecule has 1 aliphatic rings. The van der Waals surface area contributed by atoms with Crippen LogP contribution < -0.4 is 4.90 Å². The van der Waals surface area contributed by atoms with Gasteiger partial charge in [-0.25, -0.2) is 0 Å². The zero-order chi connectivity index (χ0) is 11.5. The van der Waals surface area contributed by atoms with E-state index in [1.54, 1.807) is 0 Å². The summed E-state index contributed by atoms with van der Waals surface area (Å²) < 4.78 is 0. The van der Waals surface area contributed by atoms with Crippen molar-refractivity contribution < 1.29 is 4.79 Å². The highest BCUT2D eigenvalue weighted by Gasteiger charge is 2.31. The summed E-state index contributed by atoms with van der Waals surface area (Å²) in [5.74, 6) is 0.198. The minimum Gasteiger partial charge on any atom is -0.311 e. The smallest absolute Gasteiger partial charge is 0.240 e. The number of carbonyl (C=O) groups is 1. The predicted molar refractivity (Wildman–Crippen MR) is 70.1 cm³/mol. The van der Waals surface area contributed by atoms with Crippen molar-refractivity contribution in [2.45, 2.75) is 31.0 Å². The number of hydrogen-bond acceptors (Lipinski definition) is 1. The quantitative estimate of drug-likeness (QED) is 0.780. The number of aryl methyl sites for hydroxylation is 1. The topological polar surface area (TPSA) is 20.3 Å². The lowest BCUT2D eigenvalue weighted by atomic mass is 10.1. The van der Waals surface area contributed by atoms with Crippen LogP contribution in [0.4, 0.5) is 5.69 Å². The van der Waals surface area contributed by atoms with Gasteiger partial charge in [-0.2, -0.15) is 0 Å². The van der Waals surface area contributed by atoms with Gasteiger partial charge in [0.15, 0.2) is 0 Å². The number of rotatable bonds is 3. The predicted octanol–water partition coefficient (Wildman–Crippen LogP) is 3.14. The van der Waals surface area contributed by atoms with Crippen LogP contribution >= 0.6 is 15.9 Å². The minimum absolute atomic E-state index is 0.00202. The van der Waals surface area contributed by atoms with Crippen LogP contribution in [0.1, 0.15) is 25.3 Å². The number of hydrogen-bond donors (Lipinski definition) is 0. The van der Waals surface area contributed by atoms with E-state index >= 15 is 0 Å². The summed E-state index contributed by atoms with van der Waals surface area (Å²) in [6.45, 7) is 2.99. The number of alkyl halides is 1. The minimum atomic E-state index is 0.00202. The first kappa shape index (κ1) is 11.6. The van der Waals surface area contributed by atoms with Crippen molar-refractivity contribution in [3.63, 3.8) is 0 Å². The molecule has 1 heterocycles. The molecule has 0 spiro atoms. The lowest BCUT2D eigenvalue weighted by molar-refractivity contribution is -0.116. The van der Waals surface area contributed by atoms with Crippen LogP contribution in [-0.2, 0) is 11.2 Å². The molecule has 1 fully saturated rings. The molecule has 1 saturated heterocycles. The normalized spacial score (nSPS) is 20.5. The summed E-state index contributed by atoms with van der Waals surface area (Å²) in [6, 6.07) is 8.21. The van der Waals surface area contributed by atoms with Crippen LogP contribution in [0, 0.1) is 0 Å². The molecule has 0 N–H and O–H groups in total. The Morgan fingerprint density at radius 2 is 2.19 bits per heavy atom. The Balaban J connectivity index is 2.29. The maximum absolute atomic E-state index is 11.9. The number of nitrogens with zero attached hydrogens (tertiary/aromatic N) is 1. The standard InChI is InChI=1S/C13H16BrNO/c1-2-5-10-6-3-4-7-12(10)15-9-8-11(14)13(15)16/h3-4,6-7,11H,2,5,8-9H2,1H3. The van der Waals surface area contributed by atoms with Gasteiger partial charge in [0.1, 0.15) is 0 Å². The van der Waals surface area contributed by atoms with Gasteiger partial charge in [-0.05, 0) is 24.5 Å². The number of carbonyl (C=O) groups excluding carboxylic acids is 1. The van der Waals surface area contributed by atoms with E-state index in [1.165, 1.54) is 5.56 Å². The summed E-state index contributed by atoms with van der Waals surface area (Å²) >= 11 is 3.41. The molecule has 0 saturated carbocycles. The van der Waals surface area contributed by atoms with Crippen LogP contribution in [0.15, 0.2) is 24.3 Å². The third-order valence-electron chi connectivity index (χ3n) is 2.94. The van der Waals surface area contributed by atoms with Crippen molar-refractivity contribution in [3.8, 4) is 0 Å². The highest BCUT2D eigenvalue weighted by Crippen LogP contribution is 2.28. The van der Waals surface area contributed by atoms with Gasteiger partial charge in [0.05, 0.1) is 4.83 Å². The van der Waals surface area contributed by atoms with E-state index in [0.717, 1.165) is 31.5 Å². The van der Waals surface area contributed by atoms with E-state index in [2.05, 4.69) is 28.9 Å². The molecule has 1 amide bonds.